The van der Waals surface area contributed by atoms with Crippen LogP contribution in [0.3, 0.4) is 0 Å². The van der Waals surface area contributed by atoms with Gasteiger partial charge in [0.1, 0.15) is 5.82 Å². The first-order valence-corrected chi connectivity index (χ1v) is 9.92. The Balaban J connectivity index is 1.62. The van der Waals surface area contributed by atoms with Gasteiger partial charge in [-0.1, -0.05) is 5.92 Å². The van der Waals surface area contributed by atoms with Crippen molar-refractivity contribution in [2.45, 2.75) is 13.5 Å². The molecule has 2 N–H and O–H groups in total. The van der Waals surface area contributed by atoms with Gasteiger partial charge in [-0.25, -0.2) is 14.4 Å². The molecule has 2 aromatic carbocycles. The van der Waals surface area contributed by atoms with Crippen LogP contribution >= 0.6 is 0 Å². The van der Waals surface area contributed by atoms with E-state index in [-0.39, 0.29) is 16.9 Å². The van der Waals surface area contributed by atoms with Crippen LogP contribution in [0.4, 0.5) is 21.7 Å². The van der Waals surface area contributed by atoms with Gasteiger partial charge in [0.2, 0.25) is 11.9 Å². The second-order valence-corrected chi connectivity index (χ2v) is 7.31. The van der Waals surface area contributed by atoms with Crippen molar-refractivity contribution < 1.29 is 13.9 Å². The van der Waals surface area contributed by atoms with Crippen molar-refractivity contribution in [2.75, 3.05) is 36.9 Å². The summed E-state index contributed by atoms with van der Waals surface area (Å²) in [5.74, 6) is 1.96. The molecule has 0 spiro atoms. The van der Waals surface area contributed by atoms with Crippen LogP contribution in [0.5, 0.6) is 0 Å². The molecule has 1 fully saturated rings. The normalized spacial score (nSPS) is 14.2. The minimum Gasteiger partial charge on any atom is -0.379 e. The Labute approximate surface area is 179 Å². The summed E-state index contributed by atoms with van der Waals surface area (Å²) in [6, 6.07) is 8.92. The molecule has 1 amide bonds. The number of halogens is 1. The van der Waals surface area contributed by atoms with Gasteiger partial charge in [0, 0.05) is 44.1 Å². The molecule has 31 heavy (non-hydrogen) atoms. The van der Waals surface area contributed by atoms with Crippen molar-refractivity contribution in [3.8, 4) is 12.3 Å². The van der Waals surface area contributed by atoms with Crippen molar-refractivity contribution >= 4 is 34.1 Å². The number of nitrogens with zero attached hydrogens (tertiary/aromatic N) is 3. The third kappa shape index (κ3) is 4.97. The third-order valence-electron chi connectivity index (χ3n) is 4.93. The van der Waals surface area contributed by atoms with Gasteiger partial charge in [0.25, 0.3) is 0 Å². The molecule has 0 aliphatic carbocycles. The predicted octanol–water partition coefficient (Wildman–Crippen LogP) is 3.28. The fourth-order valence-corrected chi connectivity index (χ4v) is 3.52. The van der Waals surface area contributed by atoms with Crippen LogP contribution in [0.25, 0.3) is 10.9 Å². The highest BCUT2D eigenvalue weighted by Crippen LogP contribution is 2.25. The van der Waals surface area contributed by atoms with Crippen molar-refractivity contribution in [3.05, 3.63) is 53.5 Å². The van der Waals surface area contributed by atoms with E-state index >= 15 is 0 Å². The standard InChI is InChI=1S/C23H22FN5O2/c1-3-17-4-5-21-20(22(17)24)13-25-23(28-21)27-19-11-16(10-18(12-19)26-15(2)30)14-29-6-8-31-9-7-29/h1,4-5,10-13H,6-9,14H2,2H3,(H,26,30)(H,25,27,28). The number of aromatic nitrogens is 2. The number of terminal acetylenes is 1. The van der Waals surface area contributed by atoms with Crippen LogP contribution in [0.1, 0.15) is 18.1 Å². The van der Waals surface area contributed by atoms with Crippen LogP contribution in [0.15, 0.2) is 36.5 Å². The van der Waals surface area contributed by atoms with E-state index in [1.54, 1.807) is 12.1 Å². The third-order valence-corrected chi connectivity index (χ3v) is 4.93. The summed E-state index contributed by atoms with van der Waals surface area (Å²) >= 11 is 0. The number of fused-ring (bicyclic) bond motifs is 1. The number of carbonyl (C=O) groups is 1. The summed E-state index contributed by atoms with van der Waals surface area (Å²) in [7, 11) is 0. The van der Waals surface area contributed by atoms with Gasteiger partial charge in [0.05, 0.1) is 29.7 Å². The molecule has 0 saturated carbocycles. The average Bonchev–Trinajstić information content (AvgIpc) is 2.74. The highest BCUT2D eigenvalue weighted by Gasteiger charge is 2.13. The Morgan fingerprint density at radius 2 is 2.03 bits per heavy atom. The first-order valence-electron chi connectivity index (χ1n) is 9.92. The van der Waals surface area contributed by atoms with Gasteiger partial charge >= 0.3 is 0 Å². The van der Waals surface area contributed by atoms with E-state index in [0.717, 1.165) is 30.9 Å². The van der Waals surface area contributed by atoms with Crippen LogP contribution < -0.4 is 10.6 Å². The van der Waals surface area contributed by atoms with Gasteiger partial charge in [-0.15, -0.1) is 6.42 Å². The van der Waals surface area contributed by atoms with Crippen LogP contribution in [0, 0.1) is 18.2 Å². The van der Waals surface area contributed by atoms with Gasteiger partial charge in [-0.3, -0.25) is 9.69 Å². The second kappa shape index (κ2) is 9.08. The minimum absolute atomic E-state index is 0.156. The number of hydrogen-bond acceptors (Lipinski definition) is 6. The number of hydrogen-bond donors (Lipinski definition) is 2. The largest absolute Gasteiger partial charge is 0.379 e. The molecule has 7 nitrogen and oxygen atoms in total. The summed E-state index contributed by atoms with van der Waals surface area (Å²) < 4.78 is 19.8. The maximum absolute atomic E-state index is 14.4. The topological polar surface area (TPSA) is 79.4 Å². The maximum atomic E-state index is 14.4. The number of benzene rings is 2. The molecule has 0 bridgehead atoms. The lowest BCUT2D eigenvalue weighted by Gasteiger charge is -2.27. The van der Waals surface area contributed by atoms with E-state index in [0.29, 0.717) is 30.4 Å². The predicted molar refractivity (Wildman–Crippen MR) is 118 cm³/mol. The summed E-state index contributed by atoms with van der Waals surface area (Å²) in [6.45, 7) is 5.31. The van der Waals surface area contributed by atoms with Crippen LogP contribution in [0.2, 0.25) is 0 Å². The Bertz CT molecular complexity index is 1170. The van der Waals surface area contributed by atoms with Crippen molar-refractivity contribution in [1.82, 2.24) is 14.9 Å². The van der Waals surface area contributed by atoms with Gasteiger partial charge in [0.15, 0.2) is 0 Å². The molecule has 1 saturated heterocycles. The highest BCUT2D eigenvalue weighted by atomic mass is 19.1. The number of amides is 1. The zero-order valence-electron chi connectivity index (χ0n) is 17.1. The summed E-state index contributed by atoms with van der Waals surface area (Å²) in [5.41, 5.74) is 3.04. The Hall–Kier alpha value is -3.54. The molecular formula is C23H22FN5O2. The molecule has 0 atom stereocenters. The van der Waals surface area contributed by atoms with Crippen molar-refractivity contribution in [3.63, 3.8) is 0 Å². The van der Waals surface area contributed by atoms with Crippen molar-refractivity contribution in [2.24, 2.45) is 0 Å². The Morgan fingerprint density at radius 3 is 2.77 bits per heavy atom. The SMILES string of the molecule is C#Cc1ccc2nc(Nc3cc(CN4CCOCC4)cc(NC(C)=O)c3)ncc2c1F. The first kappa shape index (κ1) is 20.7. The molecule has 0 radical (unpaired) electrons. The number of rotatable bonds is 5. The average molecular weight is 419 g/mol. The summed E-state index contributed by atoms with van der Waals surface area (Å²) in [4.78, 5) is 22.5. The van der Waals surface area contributed by atoms with Crippen LogP contribution in [-0.2, 0) is 16.1 Å². The highest BCUT2D eigenvalue weighted by molar-refractivity contribution is 5.89. The van der Waals surface area contributed by atoms with E-state index in [1.807, 2.05) is 12.1 Å². The Kier molecular flexibility index (Phi) is 6.07. The maximum Gasteiger partial charge on any atom is 0.227 e. The zero-order valence-corrected chi connectivity index (χ0v) is 17.1. The molecule has 1 aromatic heterocycles. The summed E-state index contributed by atoms with van der Waals surface area (Å²) in [6.07, 6.45) is 6.73. The van der Waals surface area contributed by atoms with E-state index in [2.05, 4.69) is 31.4 Å². The lowest BCUT2D eigenvalue weighted by molar-refractivity contribution is -0.114. The monoisotopic (exact) mass is 419 g/mol. The second-order valence-electron chi connectivity index (χ2n) is 7.31. The lowest BCUT2D eigenvalue weighted by Crippen LogP contribution is -2.35. The summed E-state index contributed by atoms with van der Waals surface area (Å²) in [5, 5.41) is 6.25. The zero-order chi connectivity index (χ0) is 21.8. The molecule has 158 valence electrons. The molecule has 3 aromatic rings. The fraction of sp³-hybridized carbons (Fsp3) is 0.261. The van der Waals surface area contributed by atoms with Crippen LogP contribution in [-0.4, -0.2) is 47.1 Å². The number of nitrogens with one attached hydrogen (secondary N) is 2. The minimum atomic E-state index is -0.507. The molecule has 0 unspecified atom stereocenters. The lowest BCUT2D eigenvalue weighted by atomic mass is 10.1. The van der Waals surface area contributed by atoms with Gasteiger partial charge in [-0.05, 0) is 35.9 Å². The molecular weight excluding hydrogens is 397 g/mol. The number of ether oxygens (including phenoxy) is 1. The quantitative estimate of drug-likeness (QED) is 0.618. The van der Waals surface area contributed by atoms with E-state index in [1.165, 1.54) is 19.2 Å². The molecule has 2 heterocycles. The molecule has 1 aliphatic rings. The van der Waals surface area contributed by atoms with E-state index in [9.17, 15) is 9.18 Å². The first-order chi connectivity index (χ1) is 15.0. The van der Waals surface area contributed by atoms with Gasteiger partial charge in [-0.2, -0.15) is 0 Å². The molecule has 8 heteroatoms. The number of morpholine rings is 1. The molecule has 1 aliphatic heterocycles. The molecule has 4 rings (SSSR count). The number of carbonyl (C=O) groups excluding carboxylic acids is 1. The van der Waals surface area contributed by atoms with Crippen molar-refractivity contribution in [1.29, 1.82) is 0 Å². The van der Waals surface area contributed by atoms with Gasteiger partial charge < -0.3 is 15.4 Å². The Morgan fingerprint density at radius 1 is 1.26 bits per heavy atom. The van der Waals surface area contributed by atoms with E-state index < -0.39 is 5.82 Å². The fourth-order valence-electron chi connectivity index (χ4n) is 3.52. The number of anilines is 3. The van der Waals surface area contributed by atoms with E-state index in [4.69, 9.17) is 11.2 Å². The smallest absolute Gasteiger partial charge is 0.227 e.